The molecule has 0 radical (unpaired) electrons. The van der Waals surface area contributed by atoms with Gasteiger partial charge in [-0.1, -0.05) is 65.9 Å². The van der Waals surface area contributed by atoms with E-state index in [-0.39, 0.29) is 16.5 Å². The number of ketones is 1. The Bertz CT molecular complexity index is 1580. The molecule has 0 aliphatic carbocycles. The van der Waals surface area contributed by atoms with Crippen molar-refractivity contribution in [2.75, 3.05) is 5.01 Å². The number of halogens is 2. The number of hydrogen-bond acceptors (Lipinski definition) is 5. The summed E-state index contributed by atoms with van der Waals surface area (Å²) in [6, 6.07) is 24.9. The summed E-state index contributed by atoms with van der Waals surface area (Å²) in [5, 5.41) is 5.67. The average molecular weight is 498 g/mol. The summed E-state index contributed by atoms with van der Waals surface area (Å²) in [7, 11) is 0. The minimum absolute atomic E-state index is 0.158. The fourth-order valence-corrected chi connectivity index (χ4v) is 4.43. The summed E-state index contributed by atoms with van der Waals surface area (Å²) >= 11 is 1.11. The number of hydrogen-bond donors (Lipinski definition) is 0. The van der Waals surface area contributed by atoms with Gasteiger partial charge in [-0.25, -0.2) is 13.8 Å². The molecule has 1 amide bonds. The second-order valence-electron chi connectivity index (χ2n) is 7.79. The fraction of sp³-hybridized carbons (Fsp3) is 0. The zero-order valence-electron chi connectivity index (χ0n) is 18.6. The molecule has 1 heterocycles. The van der Waals surface area contributed by atoms with Gasteiger partial charge in [0, 0.05) is 16.7 Å². The van der Waals surface area contributed by atoms with E-state index in [4.69, 9.17) is 0 Å². The highest BCUT2D eigenvalue weighted by Crippen LogP contribution is 2.30. The van der Waals surface area contributed by atoms with Crippen LogP contribution in [-0.4, -0.2) is 22.9 Å². The van der Waals surface area contributed by atoms with Crippen LogP contribution in [0.3, 0.4) is 0 Å². The van der Waals surface area contributed by atoms with Gasteiger partial charge in [0.25, 0.3) is 5.91 Å². The van der Waals surface area contributed by atoms with Crippen molar-refractivity contribution in [3.63, 3.8) is 0 Å². The molecule has 0 unspecified atom stereocenters. The van der Waals surface area contributed by atoms with Crippen molar-refractivity contribution in [1.82, 2.24) is 4.98 Å². The third-order valence-corrected chi connectivity index (χ3v) is 6.33. The van der Waals surface area contributed by atoms with Crippen LogP contribution in [0.1, 0.15) is 31.8 Å². The standard InChI is InChI=1S/C28H17F2N3O2S/c29-22-12-6-18(7-13-22)17-31-33(28-32-24-15-14-23(30)16-25(24)36-28)27(35)21-10-8-20(9-11-21)26(34)19-4-2-1-3-5-19/h1-17H/b31-17+. The number of rotatable bonds is 6. The molecule has 5 aromatic rings. The monoisotopic (exact) mass is 497 g/mol. The van der Waals surface area contributed by atoms with Gasteiger partial charge in [-0.3, -0.25) is 9.59 Å². The third-order valence-electron chi connectivity index (χ3n) is 5.34. The first kappa shape index (κ1) is 23.2. The SMILES string of the molecule is O=C(c1ccccc1)c1ccc(C(=O)N(/N=C/c2ccc(F)cc2)c2nc3ccc(F)cc3s2)cc1. The lowest BCUT2D eigenvalue weighted by Gasteiger charge is -2.14. The normalized spacial score (nSPS) is 11.2. The van der Waals surface area contributed by atoms with Crippen molar-refractivity contribution in [3.8, 4) is 0 Å². The molecule has 8 heteroatoms. The fourth-order valence-electron chi connectivity index (χ4n) is 3.48. The van der Waals surface area contributed by atoms with Crippen molar-refractivity contribution in [2.45, 2.75) is 0 Å². The molecule has 0 saturated heterocycles. The first-order valence-electron chi connectivity index (χ1n) is 10.9. The highest BCUT2D eigenvalue weighted by molar-refractivity contribution is 7.22. The molecule has 36 heavy (non-hydrogen) atoms. The van der Waals surface area contributed by atoms with Gasteiger partial charge in [-0.2, -0.15) is 10.1 Å². The van der Waals surface area contributed by atoms with E-state index in [0.29, 0.717) is 26.9 Å². The average Bonchev–Trinajstić information content (AvgIpc) is 3.32. The van der Waals surface area contributed by atoms with Crippen LogP contribution in [-0.2, 0) is 0 Å². The van der Waals surface area contributed by atoms with Gasteiger partial charge in [0.15, 0.2) is 5.78 Å². The highest BCUT2D eigenvalue weighted by Gasteiger charge is 2.22. The molecule has 0 aliphatic rings. The van der Waals surface area contributed by atoms with Gasteiger partial charge in [0.05, 0.1) is 16.4 Å². The lowest BCUT2D eigenvalue weighted by atomic mass is 10.0. The summed E-state index contributed by atoms with van der Waals surface area (Å²) in [6.45, 7) is 0. The van der Waals surface area contributed by atoms with Crippen LogP contribution in [0.5, 0.6) is 0 Å². The van der Waals surface area contributed by atoms with Crippen LogP contribution in [0.25, 0.3) is 10.2 Å². The molecule has 1 aromatic heterocycles. The van der Waals surface area contributed by atoms with E-state index in [9.17, 15) is 18.4 Å². The van der Waals surface area contributed by atoms with E-state index < -0.39 is 17.5 Å². The maximum Gasteiger partial charge on any atom is 0.280 e. The van der Waals surface area contributed by atoms with E-state index in [2.05, 4.69) is 10.1 Å². The van der Waals surface area contributed by atoms with E-state index in [0.717, 1.165) is 16.3 Å². The van der Waals surface area contributed by atoms with Crippen LogP contribution in [0, 0.1) is 11.6 Å². The van der Waals surface area contributed by atoms with Crippen molar-refractivity contribution in [3.05, 3.63) is 131 Å². The molecule has 0 atom stereocenters. The van der Waals surface area contributed by atoms with Gasteiger partial charge >= 0.3 is 0 Å². The molecule has 0 N–H and O–H groups in total. The number of carbonyl (C=O) groups excluding carboxylic acids is 2. The van der Waals surface area contributed by atoms with Crippen LogP contribution in [0.15, 0.2) is 102 Å². The second kappa shape index (κ2) is 9.97. The van der Waals surface area contributed by atoms with Crippen LogP contribution in [0.2, 0.25) is 0 Å². The predicted octanol–water partition coefficient (Wildman–Crippen LogP) is 6.49. The van der Waals surface area contributed by atoms with Crippen molar-refractivity contribution >= 4 is 44.6 Å². The Morgan fingerprint density at radius 1 is 0.778 bits per heavy atom. The zero-order chi connectivity index (χ0) is 25.1. The summed E-state index contributed by atoms with van der Waals surface area (Å²) < 4.78 is 27.5. The molecule has 0 saturated carbocycles. The Kier molecular flexibility index (Phi) is 6.42. The van der Waals surface area contributed by atoms with E-state index >= 15 is 0 Å². The first-order chi connectivity index (χ1) is 17.5. The number of fused-ring (bicyclic) bond motifs is 1. The molecule has 5 rings (SSSR count). The largest absolute Gasteiger partial charge is 0.289 e. The minimum Gasteiger partial charge on any atom is -0.289 e. The lowest BCUT2D eigenvalue weighted by molar-refractivity contribution is 0.0985. The second-order valence-corrected chi connectivity index (χ2v) is 8.80. The highest BCUT2D eigenvalue weighted by atomic mass is 32.1. The van der Waals surface area contributed by atoms with Gasteiger partial charge < -0.3 is 0 Å². The predicted molar refractivity (Wildman–Crippen MR) is 137 cm³/mol. The topological polar surface area (TPSA) is 62.6 Å². The van der Waals surface area contributed by atoms with E-state index in [1.165, 1.54) is 48.7 Å². The molecule has 0 aliphatic heterocycles. The number of benzene rings is 4. The number of anilines is 1. The van der Waals surface area contributed by atoms with Gasteiger partial charge in [-0.05, 0) is 48.0 Å². The van der Waals surface area contributed by atoms with Crippen molar-refractivity contribution in [2.24, 2.45) is 5.10 Å². The van der Waals surface area contributed by atoms with Crippen LogP contribution >= 0.6 is 11.3 Å². The summed E-state index contributed by atoms with van der Waals surface area (Å²) in [4.78, 5) is 30.6. The minimum atomic E-state index is -0.494. The number of amides is 1. The van der Waals surface area contributed by atoms with Gasteiger partial charge in [-0.15, -0.1) is 0 Å². The number of hydrazone groups is 1. The van der Waals surface area contributed by atoms with Crippen molar-refractivity contribution in [1.29, 1.82) is 0 Å². The Labute approximate surface area is 209 Å². The molecular weight excluding hydrogens is 480 g/mol. The number of thiazole rings is 1. The molecule has 4 aromatic carbocycles. The van der Waals surface area contributed by atoms with Gasteiger partial charge in [0.1, 0.15) is 11.6 Å². The Balaban J connectivity index is 1.48. The van der Waals surface area contributed by atoms with Crippen molar-refractivity contribution < 1.29 is 18.4 Å². The van der Waals surface area contributed by atoms with E-state index in [1.807, 2.05) is 6.07 Å². The summed E-state index contributed by atoms with van der Waals surface area (Å²) in [5.74, 6) is -1.46. The maximum atomic E-state index is 13.7. The zero-order valence-corrected chi connectivity index (χ0v) is 19.5. The molecule has 5 nitrogen and oxygen atoms in total. The molecular formula is C28H17F2N3O2S. The third kappa shape index (κ3) is 4.94. The molecule has 176 valence electrons. The van der Waals surface area contributed by atoms with E-state index in [1.54, 1.807) is 48.5 Å². The number of nitrogens with zero attached hydrogens (tertiary/aromatic N) is 3. The smallest absolute Gasteiger partial charge is 0.280 e. The Morgan fingerprint density at radius 3 is 2.14 bits per heavy atom. The Morgan fingerprint density at radius 2 is 1.42 bits per heavy atom. The van der Waals surface area contributed by atoms with Crippen LogP contribution in [0.4, 0.5) is 13.9 Å². The maximum absolute atomic E-state index is 13.7. The quantitative estimate of drug-likeness (QED) is 0.153. The first-order valence-corrected chi connectivity index (χ1v) is 11.7. The molecule has 0 fully saturated rings. The molecule has 0 spiro atoms. The van der Waals surface area contributed by atoms with Crippen LogP contribution < -0.4 is 5.01 Å². The summed E-state index contributed by atoms with van der Waals surface area (Å²) in [6.07, 6.45) is 1.41. The lowest BCUT2D eigenvalue weighted by Crippen LogP contribution is -2.25. The number of carbonyl (C=O) groups is 2. The summed E-state index contributed by atoms with van der Waals surface area (Å²) in [5.41, 5.74) is 2.36. The Hall–Kier alpha value is -4.56. The van der Waals surface area contributed by atoms with Gasteiger partial charge in [0.2, 0.25) is 5.13 Å². The molecule has 0 bridgehead atoms. The number of aromatic nitrogens is 1.